The highest BCUT2D eigenvalue weighted by atomic mass is 16.3. The van der Waals surface area contributed by atoms with Gasteiger partial charge >= 0.3 is 0 Å². The summed E-state index contributed by atoms with van der Waals surface area (Å²) in [5, 5.41) is 11.0. The molecule has 2 N–H and O–H groups in total. The van der Waals surface area contributed by atoms with E-state index < -0.39 is 0 Å². The highest BCUT2D eigenvalue weighted by molar-refractivity contribution is 5.91. The van der Waals surface area contributed by atoms with Gasteiger partial charge in [0.1, 0.15) is 0 Å². The average Bonchev–Trinajstić information content (AvgIpc) is 3.10. The van der Waals surface area contributed by atoms with Crippen molar-refractivity contribution in [3.05, 3.63) is 35.0 Å². The molecule has 0 aliphatic carbocycles. The lowest BCUT2D eigenvalue weighted by Crippen LogP contribution is -2.40. The second-order valence-electron chi connectivity index (χ2n) is 6.98. The fraction of sp³-hybridized carbons (Fsp3) is 0.500. The molecule has 0 saturated carbocycles. The molecule has 1 fully saturated rings. The van der Waals surface area contributed by atoms with Crippen LogP contribution in [0, 0.1) is 0 Å². The van der Waals surface area contributed by atoms with E-state index in [0.717, 1.165) is 50.8 Å². The Hall–Kier alpha value is -1.69. The summed E-state index contributed by atoms with van der Waals surface area (Å²) < 4.78 is 0. The molecule has 1 saturated heterocycles. The number of H-pyrrole nitrogens is 1. The molecule has 0 radical (unpaired) electrons. The molecular weight excluding hydrogens is 290 g/mol. The Bertz CT molecular complexity index is 739. The van der Waals surface area contributed by atoms with Gasteiger partial charge in [0, 0.05) is 43.1 Å². The van der Waals surface area contributed by atoms with Crippen molar-refractivity contribution in [3.8, 4) is 0 Å². The molecule has 122 valence electrons. The van der Waals surface area contributed by atoms with Crippen LogP contribution in [0.3, 0.4) is 0 Å². The number of likely N-dealkylation sites (tertiary alicyclic amines) is 1. The predicted molar refractivity (Wildman–Crippen MR) is 89.7 cm³/mol. The van der Waals surface area contributed by atoms with Crippen LogP contribution < -0.4 is 0 Å². The van der Waals surface area contributed by atoms with Gasteiger partial charge in [0.2, 0.25) is 0 Å². The van der Waals surface area contributed by atoms with E-state index in [1.54, 1.807) is 0 Å². The van der Waals surface area contributed by atoms with E-state index in [9.17, 15) is 9.90 Å². The number of nitrogens with zero attached hydrogens (tertiary/aromatic N) is 2. The molecule has 1 aromatic carbocycles. The zero-order valence-corrected chi connectivity index (χ0v) is 13.5. The monoisotopic (exact) mass is 313 g/mol. The first-order valence-electron chi connectivity index (χ1n) is 8.33. The number of aromatic nitrogens is 1. The van der Waals surface area contributed by atoms with Gasteiger partial charge in [-0.25, -0.2) is 0 Å². The Kier molecular flexibility index (Phi) is 3.71. The van der Waals surface area contributed by atoms with E-state index >= 15 is 0 Å². The van der Waals surface area contributed by atoms with E-state index in [2.05, 4.69) is 34.0 Å². The molecule has 5 heteroatoms. The number of aliphatic hydroxyl groups is 1. The number of benzene rings is 1. The fourth-order valence-corrected chi connectivity index (χ4v) is 4.15. The van der Waals surface area contributed by atoms with E-state index in [4.69, 9.17) is 0 Å². The van der Waals surface area contributed by atoms with Crippen LogP contribution in [0.25, 0.3) is 10.9 Å². The molecule has 0 amide bonds. The largest absolute Gasteiger partial charge is 0.392 e. The fourth-order valence-electron chi connectivity index (χ4n) is 4.15. The van der Waals surface area contributed by atoms with Crippen molar-refractivity contribution < 1.29 is 9.90 Å². The van der Waals surface area contributed by atoms with Gasteiger partial charge in [-0.3, -0.25) is 14.6 Å². The molecule has 0 spiro atoms. The normalized spacial score (nSPS) is 25.8. The Morgan fingerprint density at radius 2 is 2.30 bits per heavy atom. The van der Waals surface area contributed by atoms with Crippen LogP contribution in [0.4, 0.5) is 0 Å². The summed E-state index contributed by atoms with van der Waals surface area (Å²) in [6.07, 6.45) is 2.59. The first-order chi connectivity index (χ1) is 11.1. The lowest BCUT2D eigenvalue weighted by molar-refractivity contribution is 0.111. The van der Waals surface area contributed by atoms with Gasteiger partial charge in [-0.15, -0.1) is 0 Å². The van der Waals surface area contributed by atoms with Crippen molar-refractivity contribution in [3.63, 3.8) is 0 Å². The summed E-state index contributed by atoms with van der Waals surface area (Å²) in [4.78, 5) is 18.9. The van der Waals surface area contributed by atoms with Crippen LogP contribution in [0.15, 0.2) is 18.2 Å². The standard InChI is InChI=1S/C18H23N3O2/c1-20-10-15(23)7-14(20)9-21-5-4-16-12(8-21)2-3-18-17(16)6-13(11-22)19-18/h2-3,6,11,14-15,19,23H,4-5,7-10H2,1H3. The molecule has 2 aliphatic rings. The number of β-amino-alcohol motifs (C(OH)–C–C–N with tert-alkyl or cyclic N) is 1. The smallest absolute Gasteiger partial charge is 0.166 e. The summed E-state index contributed by atoms with van der Waals surface area (Å²) in [7, 11) is 2.10. The van der Waals surface area contributed by atoms with Crippen LogP contribution in [0.5, 0.6) is 0 Å². The minimum absolute atomic E-state index is 0.177. The van der Waals surface area contributed by atoms with Crippen molar-refractivity contribution in [2.24, 2.45) is 0 Å². The molecule has 3 heterocycles. The summed E-state index contributed by atoms with van der Waals surface area (Å²) in [6.45, 7) is 3.78. The second kappa shape index (κ2) is 5.74. The lowest BCUT2D eigenvalue weighted by Gasteiger charge is -2.33. The van der Waals surface area contributed by atoms with Crippen molar-refractivity contribution >= 4 is 17.2 Å². The number of nitrogens with one attached hydrogen (secondary N) is 1. The van der Waals surface area contributed by atoms with Crippen LogP contribution in [-0.4, -0.2) is 65.0 Å². The maximum Gasteiger partial charge on any atom is 0.166 e. The Balaban J connectivity index is 1.54. The summed E-state index contributed by atoms with van der Waals surface area (Å²) in [6, 6.07) is 6.68. The molecule has 5 nitrogen and oxygen atoms in total. The van der Waals surface area contributed by atoms with Gasteiger partial charge in [-0.05, 0) is 43.1 Å². The maximum absolute atomic E-state index is 11.0. The SMILES string of the molecule is CN1CC(O)CC1CN1CCc2c(ccc3[nH]c(C=O)cc23)C1. The third kappa shape index (κ3) is 2.69. The average molecular weight is 313 g/mol. The van der Waals surface area contributed by atoms with Gasteiger partial charge in [0.15, 0.2) is 6.29 Å². The van der Waals surface area contributed by atoms with Crippen molar-refractivity contribution in [2.75, 3.05) is 26.7 Å². The highest BCUT2D eigenvalue weighted by Gasteiger charge is 2.30. The van der Waals surface area contributed by atoms with Crippen molar-refractivity contribution in [1.82, 2.24) is 14.8 Å². The number of rotatable bonds is 3. The molecule has 1 aromatic heterocycles. The van der Waals surface area contributed by atoms with Crippen LogP contribution in [0.2, 0.25) is 0 Å². The zero-order valence-electron chi connectivity index (χ0n) is 13.5. The molecular formula is C18H23N3O2. The third-order valence-corrected chi connectivity index (χ3v) is 5.37. The first-order valence-corrected chi connectivity index (χ1v) is 8.33. The van der Waals surface area contributed by atoms with Crippen LogP contribution in [0.1, 0.15) is 28.0 Å². The zero-order chi connectivity index (χ0) is 16.0. The highest BCUT2D eigenvalue weighted by Crippen LogP contribution is 2.29. The van der Waals surface area contributed by atoms with E-state index in [0.29, 0.717) is 11.7 Å². The number of carbonyl (C=O) groups excluding carboxylic acids is 1. The number of hydrogen-bond donors (Lipinski definition) is 2. The van der Waals surface area contributed by atoms with E-state index in [1.165, 1.54) is 16.5 Å². The second-order valence-corrected chi connectivity index (χ2v) is 6.98. The maximum atomic E-state index is 11.0. The Morgan fingerprint density at radius 1 is 1.43 bits per heavy atom. The van der Waals surface area contributed by atoms with E-state index in [1.807, 2.05) is 6.07 Å². The molecule has 2 unspecified atom stereocenters. The van der Waals surface area contributed by atoms with Crippen LogP contribution >= 0.6 is 0 Å². The van der Waals surface area contributed by atoms with Gasteiger partial charge in [0.05, 0.1) is 11.8 Å². The summed E-state index contributed by atoms with van der Waals surface area (Å²) in [5.41, 5.74) is 4.44. The number of carbonyl (C=O) groups is 1. The van der Waals surface area contributed by atoms with Crippen molar-refractivity contribution in [1.29, 1.82) is 0 Å². The third-order valence-electron chi connectivity index (χ3n) is 5.37. The predicted octanol–water partition coefficient (Wildman–Crippen LogP) is 1.40. The molecule has 2 aromatic rings. The number of hydrogen-bond acceptors (Lipinski definition) is 4. The molecule has 4 rings (SSSR count). The topological polar surface area (TPSA) is 59.6 Å². The number of likely N-dealkylation sites (N-methyl/N-ethyl adjacent to an activating group) is 1. The quantitative estimate of drug-likeness (QED) is 0.841. The van der Waals surface area contributed by atoms with Gasteiger partial charge in [0.25, 0.3) is 0 Å². The van der Waals surface area contributed by atoms with Gasteiger partial charge in [-0.2, -0.15) is 0 Å². The molecule has 2 atom stereocenters. The lowest BCUT2D eigenvalue weighted by atomic mass is 9.95. The first kappa shape index (κ1) is 14.9. The van der Waals surface area contributed by atoms with Crippen molar-refractivity contribution in [2.45, 2.75) is 31.5 Å². The summed E-state index contributed by atoms with van der Waals surface area (Å²) >= 11 is 0. The van der Waals surface area contributed by atoms with Gasteiger partial charge < -0.3 is 10.1 Å². The number of aliphatic hydroxyl groups excluding tert-OH is 1. The molecule has 2 aliphatic heterocycles. The van der Waals surface area contributed by atoms with Gasteiger partial charge in [-0.1, -0.05) is 6.07 Å². The minimum atomic E-state index is -0.177. The number of aromatic amines is 1. The number of aldehydes is 1. The number of fused-ring (bicyclic) bond motifs is 3. The Morgan fingerprint density at radius 3 is 3.04 bits per heavy atom. The summed E-state index contributed by atoms with van der Waals surface area (Å²) in [5.74, 6) is 0. The van der Waals surface area contributed by atoms with Crippen LogP contribution in [-0.2, 0) is 13.0 Å². The minimum Gasteiger partial charge on any atom is -0.392 e. The Labute approximate surface area is 135 Å². The molecule has 23 heavy (non-hydrogen) atoms. The van der Waals surface area contributed by atoms with E-state index in [-0.39, 0.29) is 6.10 Å². The molecule has 0 bridgehead atoms.